The van der Waals surface area contributed by atoms with Crippen LogP contribution >= 0.6 is 23.2 Å². The molecule has 1 amide bonds. The van der Waals surface area contributed by atoms with Gasteiger partial charge < -0.3 is 11.1 Å². The van der Waals surface area contributed by atoms with Crippen LogP contribution < -0.4 is 11.1 Å². The molecule has 0 unspecified atom stereocenters. The van der Waals surface area contributed by atoms with Crippen molar-refractivity contribution in [1.29, 1.82) is 0 Å². The highest BCUT2D eigenvalue weighted by atomic mass is 35.5. The number of anilines is 2. The first kappa shape index (κ1) is 18.2. The normalized spacial score (nSPS) is 10.6. The quantitative estimate of drug-likeness (QED) is 0.635. The van der Waals surface area contributed by atoms with Crippen LogP contribution in [0.5, 0.6) is 0 Å². The lowest BCUT2D eigenvalue weighted by Gasteiger charge is -2.12. The van der Waals surface area contributed by atoms with Crippen molar-refractivity contribution in [1.82, 2.24) is 4.98 Å². The van der Waals surface area contributed by atoms with Gasteiger partial charge in [-0.15, -0.1) is 0 Å². The van der Waals surface area contributed by atoms with E-state index in [9.17, 15) is 9.18 Å². The second-order valence-corrected chi connectivity index (χ2v) is 6.48. The van der Waals surface area contributed by atoms with E-state index < -0.39 is 11.7 Å². The van der Waals surface area contributed by atoms with Gasteiger partial charge in [-0.05, 0) is 42.8 Å². The smallest absolute Gasteiger partial charge is 0.259 e. The molecule has 7 heteroatoms. The standard InChI is InChI=1S/C19H14Cl2FN3O/c1-10-3-2-4-15(20)17(10)25-19(26)14-7-11(9-24-18(14)23)13-6-5-12(22)8-16(13)21/h2-9H,1H3,(H2,23,24)(H,25,26). The zero-order valence-corrected chi connectivity index (χ0v) is 15.2. The van der Waals surface area contributed by atoms with Crippen LogP contribution in [0.1, 0.15) is 15.9 Å². The van der Waals surface area contributed by atoms with Crippen molar-refractivity contribution < 1.29 is 9.18 Å². The lowest BCUT2D eigenvalue weighted by Crippen LogP contribution is -2.16. The summed E-state index contributed by atoms with van der Waals surface area (Å²) in [6.07, 6.45) is 1.48. The molecule has 0 saturated heterocycles. The number of aromatic nitrogens is 1. The average Bonchev–Trinajstić information content (AvgIpc) is 2.59. The van der Waals surface area contributed by atoms with Gasteiger partial charge in [0.05, 0.1) is 21.3 Å². The van der Waals surface area contributed by atoms with E-state index >= 15 is 0 Å². The third-order valence-electron chi connectivity index (χ3n) is 3.87. The fourth-order valence-corrected chi connectivity index (χ4v) is 3.04. The number of pyridine rings is 1. The minimum Gasteiger partial charge on any atom is -0.383 e. The number of halogens is 3. The summed E-state index contributed by atoms with van der Waals surface area (Å²) in [5.74, 6) is -0.838. The minimum absolute atomic E-state index is 0.0641. The summed E-state index contributed by atoms with van der Waals surface area (Å²) >= 11 is 12.2. The zero-order valence-electron chi connectivity index (χ0n) is 13.7. The number of para-hydroxylation sites is 1. The molecule has 4 nitrogen and oxygen atoms in total. The van der Waals surface area contributed by atoms with Gasteiger partial charge in [-0.2, -0.15) is 0 Å². The molecule has 0 saturated carbocycles. The number of nitrogens with two attached hydrogens (primary N) is 1. The van der Waals surface area contributed by atoms with E-state index in [0.29, 0.717) is 21.8 Å². The number of carbonyl (C=O) groups excluding carboxylic acids is 1. The van der Waals surface area contributed by atoms with Crippen LogP contribution in [-0.4, -0.2) is 10.9 Å². The molecule has 0 aliphatic heterocycles. The highest BCUT2D eigenvalue weighted by molar-refractivity contribution is 6.34. The maximum absolute atomic E-state index is 13.3. The molecule has 0 aliphatic rings. The van der Waals surface area contributed by atoms with Gasteiger partial charge in [0.1, 0.15) is 11.6 Å². The molecular formula is C19H14Cl2FN3O. The Balaban J connectivity index is 1.99. The molecule has 3 aromatic rings. The second kappa shape index (κ2) is 7.32. The molecule has 0 radical (unpaired) electrons. The fraction of sp³-hybridized carbons (Fsp3) is 0.0526. The van der Waals surface area contributed by atoms with Crippen molar-refractivity contribution in [3.63, 3.8) is 0 Å². The van der Waals surface area contributed by atoms with E-state index in [1.54, 1.807) is 18.2 Å². The van der Waals surface area contributed by atoms with Crippen molar-refractivity contribution >= 4 is 40.6 Å². The number of nitrogens with zero attached hydrogens (tertiary/aromatic N) is 1. The third-order valence-corrected chi connectivity index (χ3v) is 4.49. The van der Waals surface area contributed by atoms with Gasteiger partial charge in [-0.3, -0.25) is 4.79 Å². The van der Waals surface area contributed by atoms with Gasteiger partial charge in [0.15, 0.2) is 0 Å². The number of hydrogen-bond donors (Lipinski definition) is 2. The number of hydrogen-bond acceptors (Lipinski definition) is 3. The summed E-state index contributed by atoms with van der Waals surface area (Å²) < 4.78 is 13.3. The van der Waals surface area contributed by atoms with Crippen molar-refractivity contribution in [3.05, 3.63) is 75.7 Å². The fourth-order valence-electron chi connectivity index (χ4n) is 2.50. The molecule has 0 atom stereocenters. The topological polar surface area (TPSA) is 68.0 Å². The molecule has 132 valence electrons. The Morgan fingerprint density at radius 2 is 1.92 bits per heavy atom. The van der Waals surface area contributed by atoms with Gasteiger partial charge in [0.25, 0.3) is 5.91 Å². The number of nitrogens with one attached hydrogen (secondary N) is 1. The first-order chi connectivity index (χ1) is 12.4. The monoisotopic (exact) mass is 389 g/mol. The molecular weight excluding hydrogens is 376 g/mol. The summed E-state index contributed by atoms with van der Waals surface area (Å²) in [5.41, 5.74) is 8.44. The van der Waals surface area contributed by atoms with Crippen LogP contribution in [0.15, 0.2) is 48.7 Å². The highest BCUT2D eigenvalue weighted by Gasteiger charge is 2.16. The summed E-state index contributed by atoms with van der Waals surface area (Å²) in [4.78, 5) is 16.7. The Hall–Kier alpha value is -2.63. The highest BCUT2D eigenvalue weighted by Crippen LogP contribution is 2.31. The van der Waals surface area contributed by atoms with E-state index in [1.807, 2.05) is 13.0 Å². The molecule has 1 aromatic heterocycles. The van der Waals surface area contributed by atoms with E-state index in [2.05, 4.69) is 10.3 Å². The molecule has 0 fully saturated rings. The van der Waals surface area contributed by atoms with Gasteiger partial charge in [0, 0.05) is 17.3 Å². The van der Waals surface area contributed by atoms with E-state index in [0.717, 1.165) is 5.56 Å². The predicted molar refractivity (Wildman–Crippen MR) is 103 cm³/mol. The second-order valence-electron chi connectivity index (χ2n) is 5.67. The Bertz CT molecular complexity index is 988. The lowest BCUT2D eigenvalue weighted by atomic mass is 10.0. The van der Waals surface area contributed by atoms with E-state index in [1.165, 1.54) is 24.4 Å². The predicted octanol–water partition coefficient (Wildman–Crippen LogP) is 5.34. The Labute approximate surface area is 159 Å². The van der Waals surface area contributed by atoms with Gasteiger partial charge in [-0.25, -0.2) is 9.37 Å². The molecule has 3 N–H and O–H groups in total. The molecule has 26 heavy (non-hydrogen) atoms. The number of rotatable bonds is 3. The van der Waals surface area contributed by atoms with Gasteiger partial charge in [0.2, 0.25) is 0 Å². The Morgan fingerprint density at radius 3 is 2.62 bits per heavy atom. The van der Waals surface area contributed by atoms with Crippen LogP contribution in [-0.2, 0) is 0 Å². The third kappa shape index (κ3) is 3.64. The van der Waals surface area contributed by atoms with Crippen LogP contribution in [0.3, 0.4) is 0 Å². The molecule has 1 heterocycles. The van der Waals surface area contributed by atoms with E-state index in [-0.39, 0.29) is 16.4 Å². The first-order valence-corrected chi connectivity index (χ1v) is 8.40. The summed E-state index contributed by atoms with van der Waals surface area (Å²) in [6.45, 7) is 1.83. The van der Waals surface area contributed by atoms with Crippen LogP contribution in [0.2, 0.25) is 10.0 Å². The SMILES string of the molecule is Cc1cccc(Cl)c1NC(=O)c1cc(-c2ccc(F)cc2Cl)cnc1N. The maximum atomic E-state index is 13.3. The van der Waals surface area contributed by atoms with Crippen molar-refractivity contribution in [2.45, 2.75) is 6.92 Å². The number of aryl methyl sites for hydroxylation is 1. The van der Waals surface area contributed by atoms with Crippen molar-refractivity contribution in [3.8, 4) is 11.1 Å². The number of amides is 1. The lowest BCUT2D eigenvalue weighted by molar-refractivity contribution is 0.102. The number of nitrogen functional groups attached to an aromatic ring is 1. The molecule has 0 aliphatic carbocycles. The van der Waals surface area contributed by atoms with Gasteiger partial charge in [-0.1, -0.05) is 35.3 Å². The van der Waals surface area contributed by atoms with E-state index in [4.69, 9.17) is 28.9 Å². The first-order valence-electron chi connectivity index (χ1n) is 7.64. The van der Waals surface area contributed by atoms with Gasteiger partial charge >= 0.3 is 0 Å². The number of benzene rings is 2. The summed E-state index contributed by atoms with van der Waals surface area (Å²) in [7, 11) is 0. The molecule has 0 spiro atoms. The minimum atomic E-state index is -0.453. The Kier molecular flexibility index (Phi) is 5.11. The summed E-state index contributed by atoms with van der Waals surface area (Å²) in [5, 5.41) is 3.39. The number of carbonyl (C=O) groups is 1. The summed E-state index contributed by atoms with van der Waals surface area (Å²) in [6, 6.07) is 10.9. The zero-order chi connectivity index (χ0) is 18.8. The van der Waals surface area contributed by atoms with Crippen LogP contribution in [0.25, 0.3) is 11.1 Å². The maximum Gasteiger partial charge on any atom is 0.259 e. The molecule has 0 bridgehead atoms. The van der Waals surface area contributed by atoms with Crippen molar-refractivity contribution in [2.75, 3.05) is 11.1 Å². The van der Waals surface area contributed by atoms with Crippen LogP contribution in [0, 0.1) is 12.7 Å². The average molecular weight is 390 g/mol. The largest absolute Gasteiger partial charge is 0.383 e. The molecule has 2 aromatic carbocycles. The Morgan fingerprint density at radius 1 is 1.15 bits per heavy atom. The molecule has 3 rings (SSSR count). The van der Waals surface area contributed by atoms with Crippen LogP contribution in [0.4, 0.5) is 15.9 Å². The van der Waals surface area contributed by atoms with Crippen molar-refractivity contribution in [2.24, 2.45) is 0 Å².